The standard InChI is InChI=1S/C9H9ClO2S/c1-2-6(11)5-7(12)8-3-4-9(10)13-8/h3-4H,2,5H2,1H3. The molecular weight excluding hydrogens is 208 g/mol. The van der Waals surface area contributed by atoms with Crippen LogP contribution in [0.4, 0.5) is 0 Å². The van der Waals surface area contributed by atoms with Gasteiger partial charge in [-0.1, -0.05) is 18.5 Å². The molecule has 0 N–H and O–H groups in total. The van der Waals surface area contributed by atoms with Crippen molar-refractivity contribution in [1.29, 1.82) is 0 Å². The molecule has 70 valence electrons. The summed E-state index contributed by atoms with van der Waals surface area (Å²) in [5.41, 5.74) is 0. The molecule has 0 aliphatic rings. The monoisotopic (exact) mass is 216 g/mol. The molecule has 4 heteroatoms. The SMILES string of the molecule is CCC(=O)CC(=O)c1ccc(Cl)s1. The summed E-state index contributed by atoms with van der Waals surface area (Å²) < 4.78 is 0.576. The third-order valence-corrected chi connectivity index (χ3v) is 2.87. The first-order valence-electron chi connectivity index (χ1n) is 3.93. The molecular formula is C9H9ClO2S. The van der Waals surface area contributed by atoms with Crippen LogP contribution in [-0.4, -0.2) is 11.6 Å². The van der Waals surface area contributed by atoms with Crippen LogP contribution in [0, 0.1) is 0 Å². The van der Waals surface area contributed by atoms with Gasteiger partial charge in [0.15, 0.2) is 5.78 Å². The highest BCUT2D eigenvalue weighted by Crippen LogP contribution is 2.22. The van der Waals surface area contributed by atoms with Crippen molar-refractivity contribution in [3.05, 3.63) is 21.3 Å². The number of thiophene rings is 1. The van der Waals surface area contributed by atoms with Gasteiger partial charge in [0.25, 0.3) is 0 Å². The summed E-state index contributed by atoms with van der Waals surface area (Å²) in [6, 6.07) is 3.31. The van der Waals surface area contributed by atoms with Gasteiger partial charge in [-0.3, -0.25) is 9.59 Å². The molecule has 0 bridgehead atoms. The van der Waals surface area contributed by atoms with E-state index in [9.17, 15) is 9.59 Å². The average molecular weight is 217 g/mol. The first-order valence-corrected chi connectivity index (χ1v) is 5.13. The molecule has 0 aliphatic carbocycles. The molecule has 1 aromatic rings. The van der Waals surface area contributed by atoms with E-state index in [2.05, 4.69) is 0 Å². The molecule has 0 fully saturated rings. The number of carbonyl (C=O) groups excluding carboxylic acids is 2. The van der Waals surface area contributed by atoms with Crippen LogP contribution in [-0.2, 0) is 4.79 Å². The van der Waals surface area contributed by atoms with Crippen molar-refractivity contribution in [2.24, 2.45) is 0 Å². The number of hydrogen-bond acceptors (Lipinski definition) is 3. The topological polar surface area (TPSA) is 34.1 Å². The lowest BCUT2D eigenvalue weighted by Gasteiger charge is -1.93. The largest absolute Gasteiger partial charge is 0.299 e. The highest BCUT2D eigenvalue weighted by atomic mass is 35.5. The number of carbonyl (C=O) groups is 2. The second-order valence-corrected chi connectivity index (χ2v) is 4.31. The highest BCUT2D eigenvalue weighted by molar-refractivity contribution is 7.18. The van der Waals surface area contributed by atoms with Gasteiger partial charge < -0.3 is 0 Å². The Morgan fingerprint density at radius 1 is 1.46 bits per heavy atom. The van der Waals surface area contributed by atoms with E-state index in [-0.39, 0.29) is 18.0 Å². The van der Waals surface area contributed by atoms with E-state index in [1.165, 1.54) is 11.3 Å². The number of hydrogen-bond donors (Lipinski definition) is 0. The lowest BCUT2D eigenvalue weighted by molar-refractivity contribution is -0.117. The summed E-state index contributed by atoms with van der Waals surface area (Å²) in [5.74, 6) is -0.168. The second-order valence-electron chi connectivity index (χ2n) is 2.60. The summed E-state index contributed by atoms with van der Waals surface area (Å²) in [4.78, 5) is 22.9. The van der Waals surface area contributed by atoms with Crippen LogP contribution < -0.4 is 0 Å². The van der Waals surface area contributed by atoms with Gasteiger partial charge in [0, 0.05) is 6.42 Å². The zero-order valence-corrected chi connectivity index (χ0v) is 8.74. The highest BCUT2D eigenvalue weighted by Gasteiger charge is 2.11. The summed E-state index contributed by atoms with van der Waals surface area (Å²) in [6.07, 6.45) is 0.401. The van der Waals surface area contributed by atoms with Crippen LogP contribution in [0.2, 0.25) is 4.34 Å². The van der Waals surface area contributed by atoms with E-state index in [0.717, 1.165) is 0 Å². The van der Waals surface area contributed by atoms with E-state index in [4.69, 9.17) is 11.6 Å². The first-order chi connectivity index (χ1) is 6.13. The Hall–Kier alpha value is -0.670. The van der Waals surface area contributed by atoms with Crippen LogP contribution in [0.5, 0.6) is 0 Å². The van der Waals surface area contributed by atoms with Crippen molar-refractivity contribution in [2.45, 2.75) is 19.8 Å². The fraction of sp³-hybridized carbons (Fsp3) is 0.333. The molecule has 0 amide bonds. The molecule has 1 aromatic heterocycles. The molecule has 1 rings (SSSR count). The number of Topliss-reactive ketones (excluding diaryl/α,β-unsaturated/α-hetero) is 2. The summed E-state index contributed by atoms with van der Waals surface area (Å²) >= 11 is 6.87. The Morgan fingerprint density at radius 3 is 2.62 bits per heavy atom. The molecule has 0 aromatic carbocycles. The molecule has 13 heavy (non-hydrogen) atoms. The van der Waals surface area contributed by atoms with Crippen LogP contribution in [0.25, 0.3) is 0 Å². The third kappa shape index (κ3) is 2.94. The van der Waals surface area contributed by atoms with Crippen molar-refractivity contribution in [1.82, 2.24) is 0 Å². The fourth-order valence-corrected chi connectivity index (χ4v) is 1.84. The molecule has 2 nitrogen and oxygen atoms in total. The Labute approximate surface area is 85.5 Å². The maximum atomic E-state index is 11.4. The van der Waals surface area contributed by atoms with Crippen molar-refractivity contribution < 1.29 is 9.59 Å². The van der Waals surface area contributed by atoms with E-state index in [1.807, 2.05) is 0 Å². The molecule has 0 saturated carbocycles. The minimum atomic E-state index is -0.135. The quantitative estimate of drug-likeness (QED) is 0.573. The molecule has 0 aliphatic heterocycles. The van der Waals surface area contributed by atoms with Gasteiger partial charge in [0.05, 0.1) is 15.6 Å². The fourth-order valence-electron chi connectivity index (χ4n) is 0.855. The lowest BCUT2D eigenvalue weighted by atomic mass is 10.1. The van der Waals surface area contributed by atoms with Crippen LogP contribution in [0.3, 0.4) is 0 Å². The van der Waals surface area contributed by atoms with Crippen molar-refractivity contribution in [2.75, 3.05) is 0 Å². The van der Waals surface area contributed by atoms with E-state index < -0.39 is 0 Å². The average Bonchev–Trinajstić information content (AvgIpc) is 2.51. The normalized spacial score (nSPS) is 10.0. The summed E-state index contributed by atoms with van der Waals surface area (Å²) in [5, 5.41) is 0. The van der Waals surface area contributed by atoms with E-state index in [0.29, 0.717) is 15.6 Å². The Kier molecular flexibility index (Phi) is 3.63. The van der Waals surface area contributed by atoms with Gasteiger partial charge in [-0.2, -0.15) is 0 Å². The predicted octanol–water partition coefficient (Wildman–Crippen LogP) is 2.95. The number of rotatable bonds is 4. The van der Waals surface area contributed by atoms with Crippen molar-refractivity contribution in [3.63, 3.8) is 0 Å². The maximum absolute atomic E-state index is 11.4. The number of ketones is 2. The van der Waals surface area contributed by atoms with Crippen LogP contribution in [0.1, 0.15) is 29.4 Å². The first kappa shape index (κ1) is 10.4. The molecule has 0 saturated heterocycles. The third-order valence-electron chi connectivity index (χ3n) is 1.60. The van der Waals surface area contributed by atoms with Gasteiger partial charge in [-0.15, -0.1) is 11.3 Å². The minimum Gasteiger partial charge on any atom is -0.299 e. The summed E-state index contributed by atoms with van der Waals surface area (Å²) in [7, 11) is 0. The minimum absolute atomic E-state index is 0.00660. The van der Waals surface area contributed by atoms with Gasteiger partial charge in [-0.25, -0.2) is 0 Å². The second kappa shape index (κ2) is 4.53. The maximum Gasteiger partial charge on any atom is 0.180 e. The zero-order valence-electron chi connectivity index (χ0n) is 7.17. The Morgan fingerprint density at radius 2 is 2.15 bits per heavy atom. The molecule has 0 unspecified atom stereocenters. The zero-order chi connectivity index (χ0) is 9.84. The molecule has 0 radical (unpaired) electrons. The smallest absolute Gasteiger partial charge is 0.180 e. The Bertz CT molecular complexity index is 330. The molecule has 1 heterocycles. The van der Waals surface area contributed by atoms with E-state index in [1.54, 1.807) is 19.1 Å². The predicted molar refractivity (Wildman–Crippen MR) is 53.6 cm³/mol. The van der Waals surface area contributed by atoms with Crippen LogP contribution in [0.15, 0.2) is 12.1 Å². The molecule has 0 spiro atoms. The lowest BCUT2D eigenvalue weighted by Crippen LogP contribution is -2.05. The van der Waals surface area contributed by atoms with Gasteiger partial charge in [-0.05, 0) is 12.1 Å². The summed E-state index contributed by atoms with van der Waals surface area (Å²) in [6.45, 7) is 1.75. The Balaban J connectivity index is 2.64. The van der Waals surface area contributed by atoms with Crippen molar-refractivity contribution in [3.8, 4) is 0 Å². The van der Waals surface area contributed by atoms with Gasteiger partial charge in [0.2, 0.25) is 0 Å². The van der Waals surface area contributed by atoms with E-state index >= 15 is 0 Å². The molecule has 0 atom stereocenters. The van der Waals surface area contributed by atoms with Gasteiger partial charge >= 0.3 is 0 Å². The van der Waals surface area contributed by atoms with Crippen LogP contribution >= 0.6 is 22.9 Å². The van der Waals surface area contributed by atoms with Crippen molar-refractivity contribution >= 4 is 34.5 Å². The number of halogens is 1. The van der Waals surface area contributed by atoms with Gasteiger partial charge in [0.1, 0.15) is 5.78 Å².